The van der Waals surface area contributed by atoms with Gasteiger partial charge in [0.25, 0.3) is 0 Å². The fraction of sp³-hybridized carbons (Fsp3) is 0.750. The molecule has 0 amide bonds. The molecule has 0 radical (unpaired) electrons. The number of fused-ring (bicyclic) bond motifs is 1. The van der Waals surface area contributed by atoms with Crippen molar-refractivity contribution in [3.8, 4) is 0 Å². The summed E-state index contributed by atoms with van der Waals surface area (Å²) in [4.78, 5) is 2.36. The Hall–Kier alpha value is -0.900. The Morgan fingerprint density at radius 3 is 2.83 bits per heavy atom. The third-order valence-corrected chi connectivity index (χ3v) is 3.04. The molecule has 2 aliphatic rings. The monoisotopic (exact) mass is 165 g/mol. The smallest absolute Gasteiger partial charge is 0.219 e. The summed E-state index contributed by atoms with van der Waals surface area (Å²) in [5.74, 6) is 2.99. The molecular weight excluding hydrogens is 154 g/mol. The third-order valence-electron chi connectivity index (χ3n) is 3.04. The van der Waals surface area contributed by atoms with Gasteiger partial charge < -0.3 is 9.32 Å². The van der Waals surface area contributed by atoms with Gasteiger partial charge in [0.2, 0.25) is 12.3 Å². The van der Waals surface area contributed by atoms with E-state index >= 15 is 0 Å². The van der Waals surface area contributed by atoms with E-state index in [4.69, 9.17) is 4.42 Å². The normalized spacial score (nSPS) is 39.9. The van der Waals surface area contributed by atoms with Crippen molar-refractivity contribution in [2.75, 3.05) is 20.1 Å². The van der Waals surface area contributed by atoms with Crippen molar-refractivity contribution in [1.82, 2.24) is 15.1 Å². The number of rotatable bonds is 1. The molecule has 4 nitrogen and oxygen atoms in total. The number of likely N-dealkylation sites (tertiary alicyclic amines) is 1. The quantitative estimate of drug-likeness (QED) is 0.602. The average molecular weight is 165 g/mol. The van der Waals surface area contributed by atoms with E-state index < -0.39 is 0 Å². The molecule has 3 atom stereocenters. The van der Waals surface area contributed by atoms with Crippen LogP contribution in [0.25, 0.3) is 0 Å². The summed E-state index contributed by atoms with van der Waals surface area (Å²) in [6.07, 6.45) is 1.42. The Balaban J connectivity index is 1.78. The van der Waals surface area contributed by atoms with Crippen LogP contribution in [0.2, 0.25) is 0 Å². The molecule has 0 spiro atoms. The Kier molecular flexibility index (Phi) is 1.14. The molecule has 2 fully saturated rings. The first kappa shape index (κ1) is 6.60. The van der Waals surface area contributed by atoms with Gasteiger partial charge in [-0.1, -0.05) is 0 Å². The van der Waals surface area contributed by atoms with E-state index in [9.17, 15) is 0 Å². The lowest BCUT2D eigenvalue weighted by Gasteiger charge is -2.10. The Morgan fingerprint density at radius 1 is 1.50 bits per heavy atom. The van der Waals surface area contributed by atoms with E-state index in [0.29, 0.717) is 5.92 Å². The molecule has 4 heteroatoms. The Bertz CT molecular complexity index is 273. The minimum Gasteiger partial charge on any atom is -0.428 e. The van der Waals surface area contributed by atoms with E-state index in [0.717, 1.165) is 17.7 Å². The molecule has 64 valence electrons. The summed E-state index contributed by atoms with van der Waals surface area (Å²) in [6, 6.07) is 0. The van der Waals surface area contributed by atoms with Crippen LogP contribution in [0.3, 0.4) is 0 Å². The molecule has 1 aliphatic heterocycles. The predicted molar refractivity (Wildman–Crippen MR) is 41.5 cm³/mol. The van der Waals surface area contributed by atoms with E-state index in [1.54, 1.807) is 0 Å². The van der Waals surface area contributed by atoms with Crippen molar-refractivity contribution in [1.29, 1.82) is 0 Å². The fourth-order valence-electron chi connectivity index (χ4n) is 2.43. The van der Waals surface area contributed by atoms with Gasteiger partial charge in [0, 0.05) is 19.0 Å². The molecule has 1 aromatic heterocycles. The minimum absolute atomic E-state index is 0.573. The first-order valence-corrected chi connectivity index (χ1v) is 4.31. The maximum Gasteiger partial charge on any atom is 0.219 e. The molecule has 1 aromatic rings. The highest BCUT2D eigenvalue weighted by atomic mass is 16.4. The number of nitrogens with zero attached hydrogens (tertiary/aromatic N) is 3. The number of aromatic nitrogens is 2. The topological polar surface area (TPSA) is 42.2 Å². The predicted octanol–water partition coefficient (Wildman–Crippen LogP) is 0.345. The van der Waals surface area contributed by atoms with Gasteiger partial charge in [-0.05, 0) is 18.9 Å². The highest BCUT2D eigenvalue weighted by Crippen LogP contribution is 2.57. The zero-order valence-corrected chi connectivity index (χ0v) is 6.97. The molecule has 12 heavy (non-hydrogen) atoms. The van der Waals surface area contributed by atoms with Crippen molar-refractivity contribution >= 4 is 0 Å². The average Bonchev–Trinajstić information content (AvgIpc) is 2.58. The molecule has 0 bridgehead atoms. The fourth-order valence-corrected chi connectivity index (χ4v) is 2.43. The molecule has 0 aromatic carbocycles. The van der Waals surface area contributed by atoms with E-state index in [1.807, 2.05) is 0 Å². The maximum absolute atomic E-state index is 5.19. The second-order valence-corrected chi connectivity index (χ2v) is 3.85. The number of piperidine rings is 1. The van der Waals surface area contributed by atoms with Gasteiger partial charge in [0.15, 0.2) is 0 Å². The Morgan fingerprint density at radius 2 is 2.25 bits per heavy atom. The van der Waals surface area contributed by atoms with E-state index in [2.05, 4.69) is 22.1 Å². The highest BCUT2D eigenvalue weighted by Gasteiger charge is 2.57. The van der Waals surface area contributed by atoms with Crippen LogP contribution < -0.4 is 0 Å². The molecule has 1 aliphatic carbocycles. The van der Waals surface area contributed by atoms with Gasteiger partial charge in [-0.2, -0.15) is 0 Å². The molecule has 2 heterocycles. The third kappa shape index (κ3) is 0.756. The van der Waals surface area contributed by atoms with Gasteiger partial charge in [-0.15, -0.1) is 10.2 Å². The van der Waals surface area contributed by atoms with Crippen molar-refractivity contribution < 1.29 is 4.42 Å². The van der Waals surface area contributed by atoms with Gasteiger partial charge in [0.05, 0.1) is 0 Å². The highest BCUT2D eigenvalue weighted by molar-refractivity contribution is 5.16. The molecule has 3 rings (SSSR count). The van der Waals surface area contributed by atoms with Crippen molar-refractivity contribution in [3.63, 3.8) is 0 Å². The summed E-state index contributed by atoms with van der Waals surface area (Å²) in [5, 5.41) is 7.65. The summed E-state index contributed by atoms with van der Waals surface area (Å²) >= 11 is 0. The van der Waals surface area contributed by atoms with Crippen molar-refractivity contribution in [2.45, 2.75) is 5.92 Å². The number of hydrogen-bond acceptors (Lipinski definition) is 4. The van der Waals surface area contributed by atoms with Gasteiger partial charge >= 0.3 is 0 Å². The van der Waals surface area contributed by atoms with E-state index in [1.165, 1.54) is 19.5 Å². The SMILES string of the molecule is CN1C[C@@H]2[C@H](C1)[C@H]2c1nnco1. The van der Waals surface area contributed by atoms with Crippen LogP contribution >= 0.6 is 0 Å². The van der Waals surface area contributed by atoms with Gasteiger partial charge in [-0.3, -0.25) is 0 Å². The van der Waals surface area contributed by atoms with Crippen LogP contribution in [0.4, 0.5) is 0 Å². The second-order valence-electron chi connectivity index (χ2n) is 3.85. The van der Waals surface area contributed by atoms with Crippen LogP contribution in [-0.2, 0) is 0 Å². The lowest BCUT2D eigenvalue weighted by atomic mass is 10.3. The second kappa shape index (κ2) is 2.07. The summed E-state index contributed by atoms with van der Waals surface area (Å²) in [6.45, 7) is 2.38. The molecule has 1 saturated heterocycles. The Labute approximate surface area is 70.6 Å². The van der Waals surface area contributed by atoms with Crippen LogP contribution in [0.15, 0.2) is 10.8 Å². The minimum atomic E-state index is 0.573. The first-order chi connectivity index (χ1) is 5.86. The van der Waals surface area contributed by atoms with E-state index in [-0.39, 0.29) is 0 Å². The van der Waals surface area contributed by atoms with Gasteiger partial charge in [0.1, 0.15) is 0 Å². The summed E-state index contributed by atoms with van der Waals surface area (Å²) < 4.78 is 5.19. The lowest BCUT2D eigenvalue weighted by molar-refractivity contribution is 0.347. The molecule has 1 saturated carbocycles. The van der Waals surface area contributed by atoms with Crippen LogP contribution in [0.1, 0.15) is 11.8 Å². The molecule has 0 unspecified atom stereocenters. The number of hydrogen-bond donors (Lipinski definition) is 0. The standard InChI is InChI=1S/C8H11N3O/c1-11-2-5-6(3-11)7(5)8-10-9-4-12-8/h4-7H,2-3H2,1H3/t5-,6+,7+. The first-order valence-electron chi connectivity index (χ1n) is 4.31. The lowest BCUT2D eigenvalue weighted by Crippen LogP contribution is -2.18. The van der Waals surface area contributed by atoms with Crippen molar-refractivity contribution in [2.24, 2.45) is 11.8 Å². The van der Waals surface area contributed by atoms with Crippen LogP contribution in [-0.4, -0.2) is 35.2 Å². The van der Waals surface area contributed by atoms with Crippen molar-refractivity contribution in [3.05, 3.63) is 12.3 Å². The zero-order chi connectivity index (χ0) is 8.13. The van der Waals surface area contributed by atoms with Gasteiger partial charge in [-0.25, -0.2) is 0 Å². The summed E-state index contributed by atoms with van der Waals surface area (Å²) in [7, 11) is 2.16. The summed E-state index contributed by atoms with van der Waals surface area (Å²) in [5.41, 5.74) is 0. The molecule has 0 N–H and O–H groups in total. The van der Waals surface area contributed by atoms with Crippen LogP contribution in [0.5, 0.6) is 0 Å². The largest absolute Gasteiger partial charge is 0.428 e. The maximum atomic E-state index is 5.19. The zero-order valence-electron chi connectivity index (χ0n) is 6.97. The molecular formula is C8H11N3O. The van der Waals surface area contributed by atoms with Crippen LogP contribution in [0, 0.1) is 11.8 Å².